The van der Waals surface area contributed by atoms with Crippen molar-refractivity contribution in [3.05, 3.63) is 0 Å². The van der Waals surface area contributed by atoms with Crippen LogP contribution < -0.4 is 0 Å². The smallest absolute Gasteiger partial charge is 0.304 e. The summed E-state index contributed by atoms with van der Waals surface area (Å²) in [5, 5.41) is 8.55. The van der Waals surface area contributed by atoms with E-state index in [1.54, 1.807) is 0 Å². The van der Waals surface area contributed by atoms with Gasteiger partial charge in [-0.15, -0.1) is 0 Å². The molecule has 0 unspecified atom stereocenters. The predicted octanol–water partition coefficient (Wildman–Crippen LogP) is 2.36. The third kappa shape index (κ3) is 5.78. The van der Waals surface area contributed by atoms with Crippen molar-refractivity contribution in [1.82, 2.24) is 4.90 Å². The second-order valence-electron chi connectivity index (χ2n) is 4.74. The van der Waals surface area contributed by atoms with Gasteiger partial charge in [-0.2, -0.15) is 0 Å². The van der Waals surface area contributed by atoms with Crippen LogP contribution in [0.5, 0.6) is 0 Å². The van der Waals surface area contributed by atoms with Crippen LogP contribution in [0.15, 0.2) is 0 Å². The van der Waals surface area contributed by atoms with Crippen molar-refractivity contribution in [2.75, 3.05) is 20.1 Å². The first-order valence-electron chi connectivity index (χ1n) is 6.09. The topological polar surface area (TPSA) is 40.5 Å². The van der Waals surface area contributed by atoms with Crippen molar-refractivity contribution < 1.29 is 9.90 Å². The second-order valence-corrected chi connectivity index (χ2v) is 4.74. The summed E-state index contributed by atoms with van der Waals surface area (Å²) in [6, 6.07) is 0. The van der Waals surface area contributed by atoms with Crippen LogP contribution in [0.1, 0.15) is 44.9 Å². The molecule has 0 spiro atoms. The monoisotopic (exact) mass is 213 g/mol. The fourth-order valence-electron chi connectivity index (χ4n) is 2.28. The molecule has 3 heteroatoms. The maximum absolute atomic E-state index is 10.4. The molecule has 0 amide bonds. The molecule has 0 aromatic rings. The summed E-state index contributed by atoms with van der Waals surface area (Å²) in [4.78, 5) is 12.5. The zero-order chi connectivity index (χ0) is 11.1. The highest BCUT2D eigenvalue weighted by molar-refractivity contribution is 5.66. The zero-order valence-electron chi connectivity index (χ0n) is 9.74. The molecule has 0 aliphatic heterocycles. The van der Waals surface area contributed by atoms with Gasteiger partial charge in [0.15, 0.2) is 0 Å². The zero-order valence-corrected chi connectivity index (χ0v) is 9.74. The Hall–Kier alpha value is -0.570. The van der Waals surface area contributed by atoms with Crippen LogP contribution in [0.3, 0.4) is 0 Å². The summed E-state index contributed by atoms with van der Waals surface area (Å²) in [5.74, 6) is 0.200. The second kappa shape index (κ2) is 6.83. The Bertz CT molecular complexity index is 188. The Morgan fingerprint density at radius 3 is 2.53 bits per heavy atom. The Morgan fingerprint density at radius 2 is 1.93 bits per heavy atom. The van der Waals surface area contributed by atoms with Crippen LogP contribution in [-0.4, -0.2) is 36.1 Å². The van der Waals surface area contributed by atoms with Gasteiger partial charge < -0.3 is 10.0 Å². The highest BCUT2D eigenvalue weighted by atomic mass is 16.4. The van der Waals surface area contributed by atoms with Crippen molar-refractivity contribution in [3.63, 3.8) is 0 Å². The molecule has 0 radical (unpaired) electrons. The van der Waals surface area contributed by atoms with Gasteiger partial charge in [-0.1, -0.05) is 32.1 Å². The Kier molecular flexibility index (Phi) is 5.69. The van der Waals surface area contributed by atoms with Crippen molar-refractivity contribution >= 4 is 5.97 Å². The molecular weight excluding hydrogens is 190 g/mol. The standard InChI is InChI=1S/C12H23NO2/c1-13(10-8-12(14)15)9-7-11-5-3-2-4-6-11/h11H,2-10H2,1H3,(H,14,15). The minimum absolute atomic E-state index is 0.265. The lowest BCUT2D eigenvalue weighted by Gasteiger charge is -2.24. The van der Waals surface area contributed by atoms with E-state index in [0.29, 0.717) is 6.54 Å². The Balaban J connectivity index is 2.04. The maximum atomic E-state index is 10.4. The molecule has 0 aromatic heterocycles. The quantitative estimate of drug-likeness (QED) is 0.736. The van der Waals surface area contributed by atoms with E-state index < -0.39 is 5.97 Å². The van der Waals surface area contributed by atoms with Crippen molar-refractivity contribution in [2.24, 2.45) is 5.92 Å². The SMILES string of the molecule is CN(CCC(=O)O)CCC1CCCCC1. The number of hydrogen-bond acceptors (Lipinski definition) is 2. The molecule has 1 N–H and O–H groups in total. The molecule has 0 heterocycles. The molecule has 15 heavy (non-hydrogen) atoms. The number of carboxylic acids is 1. The molecule has 0 saturated heterocycles. The fourth-order valence-corrected chi connectivity index (χ4v) is 2.28. The first-order valence-corrected chi connectivity index (χ1v) is 6.09. The fraction of sp³-hybridized carbons (Fsp3) is 0.917. The van der Waals surface area contributed by atoms with Gasteiger partial charge in [-0.3, -0.25) is 4.79 Å². The summed E-state index contributed by atoms with van der Waals surface area (Å²) in [6.07, 6.45) is 8.47. The van der Waals surface area contributed by atoms with Gasteiger partial charge in [-0.05, 0) is 25.9 Å². The first kappa shape index (κ1) is 12.5. The van der Waals surface area contributed by atoms with Crippen LogP contribution in [0.25, 0.3) is 0 Å². The van der Waals surface area contributed by atoms with Gasteiger partial charge in [0.05, 0.1) is 6.42 Å². The minimum atomic E-state index is -0.695. The van der Waals surface area contributed by atoms with Crippen LogP contribution in [0, 0.1) is 5.92 Å². The molecular formula is C12H23NO2. The van der Waals surface area contributed by atoms with E-state index in [9.17, 15) is 4.79 Å². The molecule has 88 valence electrons. The van der Waals surface area contributed by atoms with Gasteiger partial charge in [-0.25, -0.2) is 0 Å². The molecule has 1 fully saturated rings. The predicted molar refractivity (Wildman–Crippen MR) is 60.9 cm³/mol. The lowest BCUT2D eigenvalue weighted by atomic mass is 9.87. The summed E-state index contributed by atoms with van der Waals surface area (Å²) in [5.41, 5.74) is 0. The molecule has 3 nitrogen and oxygen atoms in total. The molecule has 1 rings (SSSR count). The molecule has 0 aromatic carbocycles. The lowest BCUT2D eigenvalue weighted by molar-refractivity contribution is -0.137. The third-order valence-electron chi connectivity index (χ3n) is 3.35. The first-order chi connectivity index (χ1) is 7.18. The van der Waals surface area contributed by atoms with Gasteiger partial charge in [0.1, 0.15) is 0 Å². The normalized spacial score (nSPS) is 18.3. The Labute approximate surface area is 92.5 Å². The van der Waals surface area contributed by atoms with E-state index in [1.807, 2.05) is 7.05 Å². The van der Waals surface area contributed by atoms with Crippen molar-refractivity contribution in [2.45, 2.75) is 44.9 Å². The van der Waals surface area contributed by atoms with E-state index in [4.69, 9.17) is 5.11 Å². The third-order valence-corrected chi connectivity index (χ3v) is 3.35. The number of aliphatic carboxylic acids is 1. The molecule has 1 aliphatic rings. The number of carbonyl (C=O) groups is 1. The van der Waals surface area contributed by atoms with Crippen LogP contribution in [-0.2, 0) is 4.79 Å². The van der Waals surface area contributed by atoms with Gasteiger partial charge in [0.2, 0.25) is 0 Å². The summed E-state index contributed by atoms with van der Waals surface area (Å²) in [7, 11) is 2.02. The summed E-state index contributed by atoms with van der Waals surface area (Å²) in [6.45, 7) is 1.74. The minimum Gasteiger partial charge on any atom is -0.481 e. The van der Waals surface area contributed by atoms with E-state index in [1.165, 1.54) is 38.5 Å². The summed E-state index contributed by atoms with van der Waals surface area (Å²) < 4.78 is 0. The van der Waals surface area contributed by atoms with Gasteiger partial charge >= 0.3 is 5.97 Å². The largest absolute Gasteiger partial charge is 0.481 e. The molecule has 1 aliphatic carbocycles. The van der Waals surface area contributed by atoms with Crippen LogP contribution >= 0.6 is 0 Å². The number of carboxylic acid groups (broad SMARTS) is 1. The average Bonchev–Trinajstić information content (AvgIpc) is 2.25. The summed E-state index contributed by atoms with van der Waals surface area (Å²) >= 11 is 0. The number of nitrogens with zero attached hydrogens (tertiary/aromatic N) is 1. The van der Waals surface area contributed by atoms with Crippen LogP contribution in [0.2, 0.25) is 0 Å². The van der Waals surface area contributed by atoms with Crippen molar-refractivity contribution in [1.29, 1.82) is 0 Å². The maximum Gasteiger partial charge on any atom is 0.304 e. The molecule has 0 bridgehead atoms. The van der Waals surface area contributed by atoms with E-state index in [-0.39, 0.29) is 6.42 Å². The average molecular weight is 213 g/mol. The van der Waals surface area contributed by atoms with Crippen LogP contribution in [0.4, 0.5) is 0 Å². The van der Waals surface area contributed by atoms with E-state index in [0.717, 1.165) is 12.5 Å². The molecule has 0 atom stereocenters. The highest BCUT2D eigenvalue weighted by Gasteiger charge is 2.13. The van der Waals surface area contributed by atoms with E-state index in [2.05, 4.69) is 4.90 Å². The molecule has 1 saturated carbocycles. The number of hydrogen-bond donors (Lipinski definition) is 1. The van der Waals surface area contributed by atoms with Crippen molar-refractivity contribution in [3.8, 4) is 0 Å². The van der Waals surface area contributed by atoms with E-state index >= 15 is 0 Å². The number of rotatable bonds is 6. The van der Waals surface area contributed by atoms with Gasteiger partial charge in [0, 0.05) is 6.54 Å². The lowest BCUT2D eigenvalue weighted by Crippen LogP contribution is -2.25. The highest BCUT2D eigenvalue weighted by Crippen LogP contribution is 2.26. The van der Waals surface area contributed by atoms with Gasteiger partial charge in [0.25, 0.3) is 0 Å². The Morgan fingerprint density at radius 1 is 1.27 bits per heavy atom.